The van der Waals surface area contributed by atoms with Crippen molar-refractivity contribution < 1.29 is 14.0 Å². The molecule has 2 unspecified atom stereocenters. The quantitative estimate of drug-likeness (QED) is 0.617. The van der Waals surface area contributed by atoms with E-state index in [-0.39, 0.29) is 23.3 Å². The van der Waals surface area contributed by atoms with Gasteiger partial charge in [0.25, 0.3) is 0 Å². The van der Waals surface area contributed by atoms with Gasteiger partial charge in [0.05, 0.1) is 0 Å². The lowest BCUT2D eigenvalue weighted by atomic mass is 9.92. The van der Waals surface area contributed by atoms with Gasteiger partial charge in [-0.15, -0.1) is 0 Å². The van der Waals surface area contributed by atoms with Gasteiger partial charge in [0.1, 0.15) is 5.60 Å². The molecule has 1 amide bonds. The molecule has 0 heterocycles. The van der Waals surface area contributed by atoms with Crippen LogP contribution in [0.4, 0.5) is 4.79 Å². The fraction of sp³-hybridized carbons (Fsp3) is 0.947. The third-order valence-electron chi connectivity index (χ3n) is 5.28. The maximum atomic E-state index is 12.5. The first-order valence-corrected chi connectivity index (χ1v) is 12.3. The predicted octanol–water partition coefficient (Wildman–Crippen LogP) is 5.58. The normalized spacial score (nSPS) is 23.0. The number of rotatable bonds is 4. The van der Waals surface area contributed by atoms with Crippen LogP contribution in [0.25, 0.3) is 0 Å². The molecule has 0 N–H and O–H groups in total. The van der Waals surface area contributed by atoms with E-state index in [4.69, 9.17) is 9.16 Å². The third-order valence-corrected chi connectivity index (χ3v) is 9.81. The molecular weight excluding hydrogens is 318 g/mol. The summed E-state index contributed by atoms with van der Waals surface area (Å²) in [5.74, 6) is 0. The Labute approximate surface area is 150 Å². The Morgan fingerprint density at radius 1 is 1.12 bits per heavy atom. The molecule has 0 aromatic heterocycles. The molecule has 1 aliphatic rings. The number of hydrogen-bond acceptors (Lipinski definition) is 3. The van der Waals surface area contributed by atoms with Crippen molar-refractivity contribution in [1.82, 2.24) is 4.90 Å². The Hall–Kier alpha value is -0.553. The molecule has 0 aliphatic heterocycles. The molecule has 0 radical (unpaired) electrons. The summed E-state index contributed by atoms with van der Waals surface area (Å²) in [4.78, 5) is 14.4. The Bertz CT molecular complexity index is 423. The van der Waals surface area contributed by atoms with Crippen LogP contribution < -0.4 is 0 Å². The zero-order chi connectivity index (χ0) is 18.8. The second kappa shape index (κ2) is 7.77. The van der Waals surface area contributed by atoms with Crippen molar-refractivity contribution >= 4 is 14.4 Å². The molecule has 2 atom stereocenters. The van der Waals surface area contributed by atoms with Crippen LogP contribution in [0.1, 0.15) is 74.1 Å². The molecule has 0 saturated heterocycles. The SMILES string of the molecule is CCN(C(=O)OC(C)(C)C)C1CCCC(O[Si](C)(C)C(C)(C)C)C1. The minimum Gasteiger partial charge on any atom is -0.444 e. The zero-order valence-electron chi connectivity index (χ0n) is 17.4. The predicted molar refractivity (Wildman–Crippen MR) is 103 cm³/mol. The molecule has 1 aliphatic carbocycles. The van der Waals surface area contributed by atoms with E-state index in [2.05, 4.69) is 33.9 Å². The molecule has 5 heteroatoms. The van der Waals surface area contributed by atoms with Crippen LogP contribution in [-0.2, 0) is 9.16 Å². The van der Waals surface area contributed by atoms with Gasteiger partial charge < -0.3 is 14.1 Å². The van der Waals surface area contributed by atoms with Gasteiger partial charge in [-0.05, 0) is 71.5 Å². The summed E-state index contributed by atoms with van der Waals surface area (Å²) in [5, 5.41) is 0.218. The van der Waals surface area contributed by atoms with Gasteiger partial charge in [0.15, 0.2) is 8.32 Å². The number of carbonyl (C=O) groups excluding carboxylic acids is 1. The number of hydrogen-bond donors (Lipinski definition) is 0. The highest BCUT2D eigenvalue weighted by atomic mass is 28.4. The molecule has 1 rings (SSSR count). The number of amides is 1. The summed E-state index contributed by atoms with van der Waals surface area (Å²) >= 11 is 0. The smallest absolute Gasteiger partial charge is 0.410 e. The van der Waals surface area contributed by atoms with Crippen LogP contribution in [0.15, 0.2) is 0 Å². The summed E-state index contributed by atoms with van der Waals surface area (Å²) in [5.41, 5.74) is -0.448. The standard InChI is InChI=1S/C19H39NO3Si/c1-10-20(17(21)22-18(2,3)4)15-12-11-13-16(14-15)23-24(8,9)19(5,6)7/h15-16H,10-14H2,1-9H3. The highest BCUT2D eigenvalue weighted by molar-refractivity contribution is 6.74. The van der Waals surface area contributed by atoms with Crippen LogP contribution in [-0.4, -0.2) is 43.6 Å². The van der Waals surface area contributed by atoms with Crippen molar-refractivity contribution in [3.63, 3.8) is 0 Å². The lowest BCUT2D eigenvalue weighted by Gasteiger charge is -2.43. The van der Waals surface area contributed by atoms with Crippen molar-refractivity contribution in [2.45, 2.75) is 110 Å². The van der Waals surface area contributed by atoms with E-state index in [0.717, 1.165) is 25.7 Å². The van der Waals surface area contributed by atoms with Crippen LogP contribution in [0, 0.1) is 0 Å². The summed E-state index contributed by atoms with van der Waals surface area (Å²) in [7, 11) is -1.77. The monoisotopic (exact) mass is 357 g/mol. The molecule has 24 heavy (non-hydrogen) atoms. The molecule has 0 spiro atoms. The summed E-state index contributed by atoms with van der Waals surface area (Å²) in [6, 6.07) is 0.230. The van der Waals surface area contributed by atoms with Crippen LogP contribution in [0.3, 0.4) is 0 Å². The van der Waals surface area contributed by atoms with E-state index >= 15 is 0 Å². The fourth-order valence-electron chi connectivity index (χ4n) is 2.96. The third kappa shape index (κ3) is 6.07. The van der Waals surface area contributed by atoms with Crippen LogP contribution >= 0.6 is 0 Å². The molecular formula is C19H39NO3Si. The van der Waals surface area contributed by atoms with E-state index in [9.17, 15) is 4.79 Å². The molecule has 0 bridgehead atoms. The van der Waals surface area contributed by atoms with Gasteiger partial charge >= 0.3 is 6.09 Å². The van der Waals surface area contributed by atoms with Crippen LogP contribution in [0.5, 0.6) is 0 Å². The second-order valence-corrected chi connectivity index (χ2v) is 14.3. The average Bonchev–Trinajstić information content (AvgIpc) is 2.35. The molecule has 1 saturated carbocycles. The first-order chi connectivity index (χ1) is 10.8. The van der Waals surface area contributed by atoms with Crippen LogP contribution in [0.2, 0.25) is 18.1 Å². The van der Waals surface area contributed by atoms with Gasteiger partial charge in [-0.1, -0.05) is 20.8 Å². The molecule has 0 aromatic carbocycles. The van der Waals surface area contributed by atoms with Gasteiger partial charge in [0.2, 0.25) is 0 Å². The molecule has 142 valence electrons. The van der Waals surface area contributed by atoms with Gasteiger partial charge in [-0.3, -0.25) is 0 Å². The van der Waals surface area contributed by atoms with Crippen molar-refractivity contribution in [1.29, 1.82) is 0 Å². The number of nitrogens with zero attached hydrogens (tertiary/aromatic N) is 1. The minimum atomic E-state index is -1.77. The van der Waals surface area contributed by atoms with Gasteiger partial charge in [-0.2, -0.15) is 0 Å². The van der Waals surface area contributed by atoms with Gasteiger partial charge in [-0.25, -0.2) is 4.79 Å². The second-order valence-electron chi connectivity index (χ2n) is 9.59. The lowest BCUT2D eigenvalue weighted by molar-refractivity contribution is 0.00480. The topological polar surface area (TPSA) is 38.8 Å². The van der Waals surface area contributed by atoms with Crippen molar-refractivity contribution in [2.24, 2.45) is 0 Å². The van der Waals surface area contributed by atoms with E-state index in [1.54, 1.807) is 0 Å². The summed E-state index contributed by atoms with van der Waals surface area (Å²) in [6.45, 7) is 19.9. The highest BCUT2D eigenvalue weighted by Crippen LogP contribution is 2.39. The van der Waals surface area contributed by atoms with E-state index < -0.39 is 13.9 Å². The average molecular weight is 358 g/mol. The minimum absolute atomic E-state index is 0.192. The fourth-order valence-corrected chi connectivity index (χ4v) is 4.36. The summed E-state index contributed by atoms with van der Waals surface area (Å²) in [6.07, 6.45) is 4.27. The van der Waals surface area contributed by atoms with E-state index in [0.29, 0.717) is 6.54 Å². The molecule has 4 nitrogen and oxygen atoms in total. The van der Waals surface area contributed by atoms with Crippen molar-refractivity contribution in [3.8, 4) is 0 Å². The lowest BCUT2D eigenvalue weighted by Crippen LogP contribution is -2.49. The first-order valence-electron chi connectivity index (χ1n) is 9.44. The Morgan fingerprint density at radius 2 is 1.71 bits per heavy atom. The van der Waals surface area contributed by atoms with Crippen molar-refractivity contribution in [2.75, 3.05) is 6.54 Å². The highest BCUT2D eigenvalue weighted by Gasteiger charge is 2.41. The van der Waals surface area contributed by atoms with E-state index in [1.165, 1.54) is 0 Å². The summed E-state index contributed by atoms with van der Waals surface area (Å²) < 4.78 is 12.2. The molecule has 0 aromatic rings. The van der Waals surface area contributed by atoms with E-state index in [1.807, 2.05) is 32.6 Å². The zero-order valence-corrected chi connectivity index (χ0v) is 18.4. The number of carbonyl (C=O) groups is 1. The number of ether oxygens (including phenoxy) is 1. The Kier molecular flexibility index (Phi) is 6.96. The molecule has 1 fully saturated rings. The Balaban J connectivity index is 2.75. The Morgan fingerprint density at radius 3 is 2.17 bits per heavy atom. The van der Waals surface area contributed by atoms with Gasteiger partial charge in [0, 0.05) is 18.7 Å². The maximum absolute atomic E-state index is 12.5. The maximum Gasteiger partial charge on any atom is 0.410 e. The largest absolute Gasteiger partial charge is 0.444 e. The first kappa shape index (κ1) is 21.5. The van der Waals surface area contributed by atoms with Crippen molar-refractivity contribution in [3.05, 3.63) is 0 Å².